The maximum absolute atomic E-state index is 12.7. The Balaban J connectivity index is 1.64. The van der Waals surface area contributed by atoms with E-state index in [1.54, 1.807) is 18.2 Å². The van der Waals surface area contributed by atoms with Crippen LogP contribution in [-0.2, 0) is 0 Å². The average molecular weight is 386 g/mol. The normalized spacial score (nSPS) is 13.8. The highest BCUT2D eigenvalue weighted by molar-refractivity contribution is 6.00. The topological polar surface area (TPSA) is 118 Å². The summed E-state index contributed by atoms with van der Waals surface area (Å²) in [6.45, 7) is 2.03. The molecule has 1 saturated heterocycles. The molecule has 0 bridgehead atoms. The van der Waals surface area contributed by atoms with Crippen LogP contribution in [0.1, 0.15) is 40.2 Å². The van der Waals surface area contributed by atoms with Gasteiger partial charge in [0.15, 0.2) is 5.76 Å². The zero-order valence-electron chi connectivity index (χ0n) is 15.3. The maximum Gasteiger partial charge on any atom is 0.287 e. The van der Waals surface area contributed by atoms with Crippen molar-refractivity contribution in [2.45, 2.75) is 19.3 Å². The van der Waals surface area contributed by atoms with Crippen molar-refractivity contribution in [3.8, 4) is 0 Å². The van der Waals surface area contributed by atoms with Crippen LogP contribution < -0.4 is 15.5 Å². The lowest BCUT2D eigenvalue weighted by Crippen LogP contribution is -2.36. The summed E-state index contributed by atoms with van der Waals surface area (Å²) in [5.41, 5.74) is 0.841. The van der Waals surface area contributed by atoms with Gasteiger partial charge in [0.2, 0.25) is 0 Å². The molecule has 148 valence electrons. The minimum absolute atomic E-state index is 0.128. The Morgan fingerprint density at radius 1 is 1.07 bits per heavy atom. The second kappa shape index (κ2) is 9.03. The van der Waals surface area contributed by atoms with Crippen molar-refractivity contribution < 1.29 is 18.9 Å². The van der Waals surface area contributed by atoms with Gasteiger partial charge in [-0.15, -0.1) is 0 Å². The molecule has 2 N–H and O–H groups in total. The zero-order valence-corrected chi connectivity index (χ0v) is 15.3. The van der Waals surface area contributed by atoms with Crippen molar-refractivity contribution >= 4 is 23.2 Å². The molecule has 2 aromatic rings. The molecule has 0 saturated carbocycles. The van der Waals surface area contributed by atoms with Crippen molar-refractivity contribution in [2.24, 2.45) is 0 Å². The monoisotopic (exact) mass is 386 g/mol. The SMILES string of the molecule is O=C(NCCNC(=O)c1cc([N+](=O)[O-])ccc1N1CCCCC1)c1ccco1. The number of hydrogen-bond acceptors (Lipinski definition) is 6. The van der Waals surface area contributed by atoms with Crippen LogP contribution in [0.2, 0.25) is 0 Å². The minimum Gasteiger partial charge on any atom is -0.459 e. The Hall–Kier alpha value is -3.36. The molecule has 1 aromatic heterocycles. The van der Waals surface area contributed by atoms with Crippen molar-refractivity contribution in [1.82, 2.24) is 10.6 Å². The summed E-state index contributed by atoms with van der Waals surface area (Å²) in [5, 5.41) is 16.5. The fraction of sp³-hybridized carbons (Fsp3) is 0.368. The van der Waals surface area contributed by atoms with Crippen molar-refractivity contribution in [2.75, 3.05) is 31.1 Å². The summed E-state index contributed by atoms with van der Waals surface area (Å²) in [6.07, 6.45) is 4.59. The van der Waals surface area contributed by atoms with Gasteiger partial charge in [0.05, 0.1) is 22.4 Å². The molecule has 3 rings (SSSR count). The molecule has 1 aliphatic heterocycles. The van der Waals surface area contributed by atoms with Crippen molar-refractivity contribution in [3.63, 3.8) is 0 Å². The number of carbonyl (C=O) groups is 2. The van der Waals surface area contributed by atoms with E-state index in [1.807, 2.05) is 0 Å². The molecule has 1 aromatic carbocycles. The molecule has 9 heteroatoms. The third kappa shape index (κ3) is 4.67. The molecule has 9 nitrogen and oxygen atoms in total. The molecule has 1 fully saturated rings. The van der Waals surface area contributed by atoms with E-state index in [4.69, 9.17) is 4.42 Å². The number of carbonyl (C=O) groups excluding carboxylic acids is 2. The van der Waals surface area contributed by atoms with Crippen LogP contribution in [0.3, 0.4) is 0 Å². The molecular weight excluding hydrogens is 364 g/mol. The second-order valence-corrected chi connectivity index (χ2v) is 6.50. The quantitative estimate of drug-likeness (QED) is 0.428. The van der Waals surface area contributed by atoms with E-state index in [1.165, 1.54) is 18.4 Å². The summed E-state index contributed by atoms with van der Waals surface area (Å²) in [7, 11) is 0. The predicted octanol–water partition coefficient (Wildman–Crippen LogP) is 2.34. The molecule has 0 spiro atoms. The fourth-order valence-corrected chi connectivity index (χ4v) is 3.17. The first kappa shape index (κ1) is 19.4. The van der Waals surface area contributed by atoms with Gasteiger partial charge in [-0.2, -0.15) is 0 Å². The minimum atomic E-state index is -0.514. The Morgan fingerprint density at radius 3 is 2.43 bits per heavy atom. The van der Waals surface area contributed by atoms with Gasteiger partial charge >= 0.3 is 0 Å². The molecular formula is C19H22N4O5. The fourth-order valence-electron chi connectivity index (χ4n) is 3.17. The van der Waals surface area contributed by atoms with Crippen LogP contribution in [0, 0.1) is 10.1 Å². The summed E-state index contributed by atoms with van der Waals surface area (Å²) in [5.74, 6) is -0.586. The lowest BCUT2D eigenvalue weighted by molar-refractivity contribution is -0.384. The molecule has 0 radical (unpaired) electrons. The van der Waals surface area contributed by atoms with Crippen LogP contribution >= 0.6 is 0 Å². The third-order valence-electron chi connectivity index (χ3n) is 4.57. The maximum atomic E-state index is 12.7. The summed E-state index contributed by atoms with van der Waals surface area (Å²) in [4.78, 5) is 37.2. The number of rotatable bonds is 7. The molecule has 28 heavy (non-hydrogen) atoms. The highest BCUT2D eigenvalue weighted by atomic mass is 16.6. The first-order valence-electron chi connectivity index (χ1n) is 9.19. The van der Waals surface area contributed by atoms with Gasteiger partial charge in [-0.25, -0.2) is 0 Å². The van der Waals surface area contributed by atoms with Gasteiger partial charge < -0.3 is 20.0 Å². The van der Waals surface area contributed by atoms with E-state index in [2.05, 4.69) is 15.5 Å². The molecule has 1 aliphatic rings. The predicted molar refractivity (Wildman–Crippen MR) is 103 cm³/mol. The van der Waals surface area contributed by atoms with E-state index in [-0.39, 0.29) is 36.0 Å². The number of furan rings is 1. The third-order valence-corrected chi connectivity index (χ3v) is 4.57. The van der Waals surface area contributed by atoms with Gasteiger partial charge in [-0.3, -0.25) is 19.7 Å². The van der Waals surface area contributed by atoms with E-state index in [0.29, 0.717) is 5.69 Å². The van der Waals surface area contributed by atoms with E-state index in [9.17, 15) is 19.7 Å². The van der Waals surface area contributed by atoms with Crippen LogP contribution in [0.15, 0.2) is 41.0 Å². The average Bonchev–Trinajstić information content (AvgIpc) is 3.26. The first-order chi connectivity index (χ1) is 13.6. The van der Waals surface area contributed by atoms with E-state index in [0.717, 1.165) is 32.4 Å². The van der Waals surface area contributed by atoms with Gasteiger partial charge in [-0.05, 0) is 37.5 Å². The van der Waals surface area contributed by atoms with Crippen LogP contribution in [0.25, 0.3) is 0 Å². The number of nitro benzene ring substituents is 1. The number of hydrogen-bond donors (Lipinski definition) is 2. The Kier molecular flexibility index (Phi) is 6.25. The number of anilines is 1. The largest absolute Gasteiger partial charge is 0.459 e. The Morgan fingerprint density at radius 2 is 1.79 bits per heavy atom. The summed E-state index contributed by atoms with van der Waals surface area (Å²) >= 11 is 0. The molecule has 2 heterocycles. The standard InChI is InChI=1S/C19H22N4O5/c24-18(20-8-9-21-19(25)17-5-4-12-28-17)15-13-14(23(26)27)6-7-16(15)22-10-2-1-3-11-22/h4-7,12-13H,1-3,8-11H2,(H,20,24)(H,21,25). The van der Waals surface area contributed by atoms with Crippen LogP contribution in [-0.4, -0.2) is 42.9 Å². The zero-order chi connectivity index (χ0) is 19.9. The highest BCUT2D eigenvalue weighted by Crippen LogP contribution is 2.28. The van der Waals surface area contributed by atoms with Crippen LogP contribution in [0.4, 0.5) is 11.4 Å². The van der Waals surface area contributed by atoms with Crippen LogP contribution in [0.5, 0.6) is 0 Å². The van der Waals surface area contributed by atoms with E-state index >= 15 is 0 Å². The number of piperidine rings is 1. The number of nitrogens with zero attached hydrogens (tertiary/aromatic N) is 2. The Bertz CT molecular complexity index is 844. The number of amides is 2. The smallest absolute Gasteiger partial charge is 0.287 e. The van der Waals surface area contributed by atoms with Gasteiger partial charge in [0.1, 0.15) is 0 Å². The molecule has 0 unspecified atom stereocenters. The lowest BCUT2D eigenvalue weighted by Gasteiger charge is -2.30. The van der Waals surface area contributed by atoms with E-state index < -0.39 is 10.8 Å². The number of nitro groups is 1. The lowest BCUT2D eigenvalue weighted by atomic mass is 10.1. The first-order valence-corrected chi connectivity index (χ1v) is 9.19. The van der Waals surface area contributed by atoms with Crippen molar-refractivity contribution in [1.29, 1.82) is 0 Å². The summed E-state index contributed by atoms with van der Waals surface area (Å²) in [6, 6.07) is 7.52. The number of nitrogens with one attached hydrogen (secondary N) is 2. The number of non-ortho nitro benzene ring substituents is 1. The van der Waals surface area contributed by atoms with Gasteiger partial charge in [0.25, 0.3) is 17.5 Å². The summed E-state index contributed by atoms with van der Waals surface area (Å²) < 4.78 is 4.99. The Labute approximate surface area is 161 Å². The molecule has 0 aliphatic carbocycles. The second-order valence-electron chi connectivity index (χ2n) is 6.50. The number of benzene rings is 1. The molecule has 0 atom stereocenters. The van der Waals surface area contributed by atoms with Gasteiger partial charge in [-0.1, -0.05) is 0 Å². The molecule has 2 amide bonds. The van der Waals surface area contributed by atoms with Crippen molar-refractivity contribution in [3.05, 3.63) is 58.0 Å². The highest BCUT2D eigenvalue weighted by Gasteiger charge is 2.21. The van der Waals surface area contributed by atoms with Gasteiger partial charge in [0, 0.05) is 38.3 Å².